The highest BCUT2D eigenvalue weighted by Gasteiger charge is 2.53. The fraction of sp³-hybridized carbons (Fsp3) is 0.672. The van der Waals surface area contributed by atoms with Crippen molar-refractivity contribution >= 4 is 34.9 Å². The SMILES string of the molecule is CO[C@@H]1C[C@H](C[C@@H](C)[C@@H]2CC(=O)[C@H](C)/C=C(\C)[C@@H](O)[C@@H](OC)C(=O)[C@H](C)C[C@H](C)/C=C/C=C/C=C(\C)C(OCc3ccc(N=[N+]=[N-])c(C)c3)C[C@@H]3CC[C@@H](C)[C@@](O)(O3)C(=O)C(=O)N3CCCC[C@H]3C(=O)O2)CC[C@H]1O. The van der Waals surface area contributed by atoms with E-state index in [1.807, 2.05) is 70.2 Å². The Balaban J connectivity index is 1.50. The van der Waals surface area contributed by atoms with Gasteiger partial charge in [-0.25, -0.2) is 4.79 Å². The number of aliphatic hydroxyl groups excluding tert-OH is 2. The van der Waals surface area contributed by atoms with Crippen molar-refractivity contribution in [3.05, 3.63) is 87.4 Å². The molecule has 3 heterocycles. The van der Waals surface area contributed by atoms with Crippen LogP contribution in [0.5, 0.6) is 0 Å². The third kappa shape index (κ3) is 16.3. The summed E-state index contributed by atoms with van der Waals surface area (Å²) in [6, 6.07) is 4.23. The van der Waals surface area contributed by atoms with Crippen LogP contribution in [0, 0.1) is 42.4 Å². The van der Waals surface area contributed by atoms with Crippen molar-refractivity contribution in [3.8, 4) is 0 Å². The minimum atomic E-state index is -2.51. The Hall–Kier alpha value is -4.84. The van der Waals surface area contributed by atoms with Gasteiger partial charge in [0.25, 0.3) is 11.7 Å². The van der Waals surface area contributed by atoms with E-state index in [9.17, 15) is 39.3 Å². The summed E-state index contributed by atoms with van der Waals surface area (Å²) < 4.78 is 30.4. The van der Waals surface area contributed by atoms with Crippen LogP contribution >= 0.6 is 0 Å². The first-order valence-corrected chi connectivity index (χ1v) is 27.0. The molecule has 0 radical (unpaired) electrons. The minimum absolute atomic E-state index is 0.0288. The normalized spacial score (nSPS) is 36.4. The molecule has 3 fully saturated rings. The smallest absolute Gasteiger partial charge is 0.329 e. The van der Waals surface area contributed by atoms with Gasteiger partial charge >= 0.3 is 5.97 Å². The number of aliphatic hydroxyl groups is 3. The molecule has 414 valence electrons. The average Bonchev–Trinajstić information content (AvgIpc) is 3.38. The van der Waals surface area contributed by atoms with Gasteiger partial charge in [0, 0.05) is 62.0 Å². The van der Waals surface area contributed by atoms with Crippen molar-refractivity contribution in [1.29, 1.82) is 0 Å². The molecule has 2 saturated heterocycles. The summed E-state index contributed by atoms with van der Waals surface area (Å²) >= 11 is 0. The summed E-state index contributed by atoms with van der Waals surface area (Å²) in [7, 11) is 2.93. The van der Waals surface area contributed by atoms with Crippen molar-refractivity contribution in [2.75, 3.05) is 20.8 Å². The Labute approximate surface area is 443 Å². The van der Waals surface area contributed by atoms with Crippen LogP contribution in [0.25, 0.3) is 10.4 Å². The number of fused-ring (bicyclic) bond motifs is 3. The summed E-state index contributed by atoms with van der Waals surface area (Å²) in [5.74, 6) is -8.40. The third-order valence-electron chi connectivity index (χ3n) is 16.1. The first-order chi connectivity index (χ1) is 35.6. The van der Waals surface area contributed by atoms with Crippen LogP contribution in [0.1, 0.15) is 137 Å². The Kier molecular flexibility index (Phi) is 23.2. The predicted molar refractivity (Wildman–Crippen MR) is 283 cm³/mol. The molecule has 0 aromatic heterocycles. The number of azide groups is 1. The molecule has 1 aromatic carbocycles. The zero-order valence-electron chi connectivity index (χ0n) is 45.9. The van der Waals surface area contributed by atoms with E-state index in [0.717, 1.165) is 16.7 Å². The molecule has 1 unspecified atom stereocenters. The topological polar surface area (TPSA) is 244 Å². The number of hydrogen-bond acceptors (Lipinski definition) is 14. The number of hydrogen-bond donors (Lipinski definition) is 3. The first-order valence-electron chi connectivity index (χ1n) is 27.0. The van der Waals surface area contributed by atoms with Crippen LogP contribution in [0.2, 0.25) is 0 Å². The highest BCUT2D eigenvalue weighted by molar-refractivity contribution is 6.39. The van der Waals surface area contributed by atoms with Crippen LogP contribution in [0.4, 0.5) is 5.69 Å². The quantitative estimate of drug-likeness (QED) is 0.0523. The fourth-order valence-corrected chi connectivity index (χ4v) is 11.2. The van der Waals surface area contributed by atoms with Gasteiger partial charge < -0.3 is 43.9 Å². The van der Waals surface area contributed by atoms with E-state index in [-0.39, 0.29) is 67.8 Å². The van der Waals surface area contributed by atoms with Crippen LogP contribution < -0.4 is 0 Å². The number of benzene rings is 1. The summed E-state index contributed by atoms with van der Waals surface area (Å²) in [5.41, 5.74) is 12.3. The zero-order chi connectivity index (χ0) is 55.1. The number of Topliss-reactive ketones (excluding diaryl/α,β-unsaturated/α-hetero) is 3. The van der Waals surface area contributed by atoms with Crippen LogP contribution in [0.3, 0.4) is 0 Å². The molecule has 4 aliphatic rings. The minimum Gasteiger partial charge on any atom is -0.460 e. The molecule has 15 atom stereocenters. The fourth-order valence-electron chi connectivity index (χ4n) is 11.2. The lowest BCUT2D eigenvalue weighted by atomic mass is 9.78. The number of piperidine rings is 1. The number of aryl methyl sites for hydroxylation is 1. The number of methoxy groups -OCH3 is 2. The predicted octanol–water partition coefficient (Wildman–Crippen LogP) is 9.00. The lowest BCUT2D eigenvalue weighted by Crippen LogP contribution is -2.61. The van der Waals surface area contributed by atoms with Gasteiger partial charge in [0.1, 0.15) is 30.1 Å². The van der Waals surface area contributed by atoms with Crippen molar-refractivity contribution in [3.63, 3.8) is 0 Å². The molecule has 3 aliphatic heterocycles. The summed E-state index contributed by atoms with van der Waals surface area (Å²) in [5, 5.41) is 38.0. The van der Waals surface area contributed by atoms with E-state index >= 15 is 0 Å². The first kappa shape index (κ1) is 61.0. The maximum Gasteiger partial charge on any atom is 0.329 e. The number of cyclic esters (lactones) is 1. The largest absolute Gasteiger partial charge is 0.460 e. The molecule has 3 N–H and O–H groups in total. The Bertz CT molecular complexity index is 2320. The highest BCUT2D eigenvalue weighted by Crippen LogP contribution is 2.38. The van der Waals surface area contributed by atoms with Crippen molar-refractivity contribution < 1.29 is 63.0 Å². The number of amides is 1. The number of ketones is 3. The number of allylic oxidation sites excluding steroid dienone is 6. The molecular formula is C58H84N4O13. The van der Waals surface area contributed by atoms with Crippen molar-refractivity contribution in [1.82, 2.24) is 4.90 Å². The lowest BCUT2D eigenvalue weighted by Gasteiger charge is -2.43. The van der Waals surface area contributed by atoms with E-state index in [1.54, 1.807) is 46.9 Å². The van der Waals surface area contributed by atoms with E-state index in [4.69, 9.17) is 29.2 Å². The van der Waals surface area contributed by atoms with E-state index < -0.39 is 83.9 Å². The van der Waals surface area contributed by atoms with Crippen molar-refractivity contribution in [2.45, 2.75) is 194 Å². The van der Waals surface area contributed by atoms with E-state index in [2.05, 4.69) is 10.0 Å². The number of nitrogens with zero attached hydrogens (tertiary/aromatic N) is 4. The van der Waals surface area contributed by atoms with E-state index in [1.165, 1.54) is 12.0 Å². The average molecular weight is 1050 g/mol. The van der Waals surface area contributed by atoms with Crippen LogP contribution in [0.15, 0.2) is 70.9 Å². The molecule has 5 rings (SSSR count). The number of carbonyl (C=O) groups excluding carboxylic acids is 5. The van der Waals surface area contributed by atoms with E-state index in [0.29, 0.717) is 69.0 Å². The Morgan fingerprint density at radius 3 is 2.35 bits per heavy atom. The second kappa shape index (κ2) is 28.5. The number of ether oxygens (including phenoxy) is 5. The zero-order valence-corrected chi connectivity index (χ0v) is 45.9. The van der Waals surface area contributed by atoms with Gasteiger partial charge in [-0.2, -0.15) is 0 Å². The number of rotatable bonds is 9. The monoisotopic (exact) mass is 1040 g/mol. The number of esters is 1. The molecule has 0 spiro atoms. The van der Waals surface area contributed by atoms with Gasteiger partial charge in [0.15, 0.2) is 5.78 Å². The van der Waals surface area contributed by atoms with Gasteiger partial charge in [0.2, 0.25) is 5.79 Å². The summed E-state index contributed by atoms with van der Waals surface area (Å²) in [6.07, 6.45) is 10.3. The van der Waals surface area contributed by atoms with Gasteiger partial charge in [-0.1, -0.05) is 94.4 Å². The van der Waals surface area contributed by atoms with Crippen LogP contribution in [-0.2, 0) is 54.3 Å². The second-order valence-electron chi connectivity index (χ2n) is 22.0. The Morgan fingerprint density at radius 1 is 0.907 bits per heavy atom. The molecule has 17 heteroatoms. The molecule has 1 saturated carbocycles. The molecule has 1 aliphatic carbocycles. The number of carbonyl (C=O) groups is 5. The van der Waals surface area contributed by atoms with Crippen molar-refractivity contribution in [2.24, 2.45) is 40.6 Å². The molecular weight excluding hydrogens is 961 g/mol. The third-order valence-corrected chi connectivity index (χ3v) is 16.1. The van der Waals surface area contributed by atoms with Crippen LogP contribution in [-0.4, -0.2) is 125 Å². The Morgan fingerprint density at radius 2 is 1.65 bits per heavy atom. The van der Waals surface area contributed by atoms with Gasteiger partial charge in [-0.15, -0.1) is 0 Å². The standard InChI is InChI=1S/C58H84N4O13/c1-34-16-12-11-13-17-35(2)49(73-33-43-20-23-45(60-61-59)36(3)28-43)31-44-22-19-41(8)58(70,75-44)55(67)56(68)62-25-15-14-18-46(62)57(69)74-50(38(5)29-42-21-24-47(63)51(30-42)71-9)32-48(64)37(4)27-40(7)53(66)54(72-10)52(65)39(6)26-34/h11-13,16-17,20,23,27-28,34,37-39,41-42,44,46-47,49-51,53-54,63,66,70H,14-15,18-19,21-22,24-26,29-33H2,1-10H3/b13-11+,16-12+,35-17+,40-27+/t34-,37-,38-,39-,41-,42+,44+,46+,47-,49?,50+,51-,53-,54+,58-/m1/s1. The maximum atomic E-state index is 14.5. The summed E-state index contributed by atoms with van der Waals surface area (Å²) in [4.78, 5) is 75.7. The highest BCUT2D eigenvalue weighted by atomic mass is 16.6. The lowest BCUT2D eigenvalue weighted by molar-refractivity contribution is -0.266. The van der Waals surface area contributed by atoms with Gasteiger partial charge in [0.05, 0.1) is 31.0 Å². The summed E-state index contributed by atoms with van der Waals surface area (Å²) in [6.45, 7) is 14.7. The molecule has 2 bridgehead atoms. The second-order valence-corrected chi connectivity index (χ2v) is 22.0. The molecule has 1 aromatic rings. The van der Waals surface area contributed by atoms with Gasteiger partial charge in [-0.05, 0) is 131 Å². The molecule has 75 heavy (non-hydrogen) atoms. The van der Waals surface area contributed by atoms with Gasteiger partial charge in [-0.3, -0.25) is 19.2 Å². The maximum absolute atomic E-state index is 14.5. The molecule has 1 amide bonds. The molecule has 17 nitrogen and oxygen atoms in total.